The van der Waals surface area contributed by atoms with Gasteiger partial charge >= 0.3 is 0 Å². The van der Waals surface area contributed by atoms with Gasteiger partial charge in [-0.15, -0.1) is 0 Å². The molecule has 0 saturated carbocycles. The van der Waals surface area contributed by atoms with Crippen LogP contribution in [0.1, 0.15) is 17.2 Å². The molecule has 2 N–H and O–H groups in total. The van der Waals surface area contributed by atoms with Gasteiger partial charge in [0.1, 0.15) is 17.3 Å². The number of aromatic hydroxyl groups is 1. The van der Waals surface area contributed by atoms with Crippen LogP contribution in [-0.4, -0.2) is 80.2 Å². The predicted molar refractivity (Wildman–Crippen MR) is 122 cm³/mol. The van der Waals surface area contributed by atoms with Crippen LogP contribution >= 0.6 is 0 Å². The highest BCUT2D eigenvalue weighted by Crippen LogP contribution is 2.43. The molecule has 1 saturated heterocycles. The summed E-state index contributed by atoms with van der Waals surface area (Å²) in [5.74, 6) is -1.10. The minimum Gasteiger partial charge on any atom is -0.507 e. The van der Waals surface area contributed by atoms with Crippen molar-refractivity contribution < 1.29 is 34.0 Å². The first-order valence-electron chi connectivity index (χ1n) is 10.3. The molecule has 1 aliphatic heterocycles. The summed E-state index contributed by atoms with van der Waals surface area (Å²) in [5, 5.41) is 21.6. The van der Waals surface area contributed by atoms with Crippen molar-refractivity contribution in [3.05, 3.63) is 53.1 Å². The number of methoxy groups -OCH3 is 3. The minimum atomic E-state index is -0.919. The number of phenols is 1. The van der Waals surface area contributed by atoms with Gasteiger partial charge in [0, 0.05) is 13.1 Å². The Hall–Kier alpha value is -3.72. The molecule has 176 valence electrons. The van der Waals surface area contributed by atoms with E-state index in [2.05, 4.69) is 0 Å². The zero-order valence-corrected chi connectivity index (χ0v) is 19.3. The summed E-state index contributed by atoms with van der Waals surface area (Å²) in [5.41, 5.74) is 0.565. The van der Waals surface area contributed by atoms with Crippen LogP contribution in [0.25, 0.3) is 5.76 Å². The maximum Gasteiger partial charge on any atom is 0.295 e. The third-order valence-corrected chi connectivity index (χ3v) is 5.51. The van der Waals surface area contributed by atoms with Gasteiger partial charge in [0.05, 0.1) is 38.5 Å². The minimum absolute atomic E-state index is 0.102. The van der Waals surface area contributed by atoms with E-state index in [9.17, 15) is 19.8 Å². The van der Waals surface area contributed by atoms with E-state index < -0.39 is 23.5 Å². The monoisotopic (exact) mass is 456 g/mol. The van der Waals surface area contributed by atoms with Crippen LogP contribution in [0.4, 0.5) is 0 Å². The summed E-state index contributed by atoms with van der Waals surface area (Å²) in [4.78, 5) is 29.4. The van der Waals surface area contributed by atoms with Crippen LogP contribution in [-0.2, 0) is 9.59 Å². The third-order valence-electron chi connectivity index (χ3n) is 5.51. The summed E-state index contributed by atoms with van der Waals surface area (Å²) in [6, 6.07) is 8.49. The van der Waals surface area contributed by atoms with Crippen LogP contribution in [0.5, 0.6) is 23.0 Å². The number of ether oxygens (including phenoxy) is 3. The number of amides is 1. The number of carbonyl (C=O) groups is 2. The Bertz CT molecular complexity index is 1090. The quantitative estimate of drug-likeness (QED) is 0.354. The molecular weight excluding hydrogens is 428 g/mol. The second-order valence-electron chi connectivity index (χ2n) is 7.79. The largest absolute Gasteiger partial charge is 0.507 e. The summed E-state index contributed by atoms with van der Waals surface area (Å²) >= 11 is 0. The molecule has 0 aliphatic carbocycles. The highest BCUT2D eigenvalue weighted by atomic mass is 16.5. The lowest BCUT2D eigenvalue weighted by Crippen LogP contribution is -2.35. The molecular formula is C24H28N2O7. The molecule has 1 fully saturated rings. The first-order chi connectivity index (χ1) is 15.7. The number of phenolic OH excluding ortho intramolecular Hbond substituents is 1. The van der Waals surface area contributed by atoms with Crippen molar-refractivity contribution in [3.63, 3.8) is 0 Å². The standard InChI is InChI=1S/C24H28N2O7/c1-25(2)10-11-26-21(14-6-8-19(33-5)17(27)12-14)20(23(29)24(26)30)22(28)16-13-15(31-3)7-9-18(16)32-4/h6-9,12-13,21,27-28H,10-11H2,1-5H3/b22-20+. The average molecular weight is 456 g/mol. The zero-order chi connectivity index (χ0) is 24.3. The van der Waals surface area contributed by atoms with E-state index in [-0.39, 0.29) is 29.2 Å². The van der Waals surface area contributed by atoms with Crippen molar-refractivity contribution in [1.82, 2.24) is 9.80 Å². The summed E-state index contributed by atoms with van der Waals surface area (Å²) in [6.07, 6.45) is 0. The van der Waals surface area contributed by atoms with Crippen molar-refractivity contribution in [1.29, 1.82) is 0 Å². The molecule has 0 aromatic heterocycles. The SMILES string of the molecule is COc1ccc(OC)c(/C(O)=C2\C(=O)C(=O)N(CCN(C)C)C2c2ccc(OC)c(O)c2)c1. The lowest BCUT2D eigenvalue weighted by Gasteiger charge is -2.27. The van der Waals surface area contributed by atoms with Gasteiger partial charge in [0.15, 0.2) is 11.5 Å². The number of hydrogen-bond donors (Lipinski definition) is 2. The molecule has 0 bridgehead atoms. The van der Waals surface area contributed by atoms with E-state index in [1.54, 1.807) is 24.3 Å². The topological polar surface area (TPSA) is 109 Å². The van der Waals surface area contributed by atoms with E-state index in [1.807, 2.05) is 19.0 Å². The normalized spacial score (nSPS) is 17.5. The van der Waals surface area contributed by atoms with Crippen molar-refractivity contribution in [2.24, 2.45) is 0 Å². The smallest absolute Gasteiger partial charge is 0.295 e. The molecule has 9 heteroatoms. The predicted octanol–water partition coefficient (Wildman–Crippen LogP) is 2.40. The zero-order valence-electron chi connectivity index (χ0n) is 19.3. The molecule has 0 radical (unpaired) electrons. The number of rotatable bonds is 8. The van der Waals surface area contributed by atoms with Crippen LogP contribution in [0.3, 0.4) is 0 Å². The van der Waals surface area contributed by atoms with Crippen molar-refractivity contribution in [2.45, 2.75) is 6.04 Å². The highest BCUT2D eigenvalue weighted by molar-refractivity contribution is 6.46. The maximum absolute atomic E-state index is 13.1. The fourth-order valence-corrected chi connectivity index (χ4v) is 3.79. The van der Waals surface area contributed by atoms with Gasteiger partial charge in [-0.1, -0.05) is 6.07 Å². The summed E-state index contributed by atoms with van der Waals surface area (Å²) < 4.78 is 15.7. The van der Waals surface area contributed by atoms with Crippen LogP contribution in [0.15, 0.2) is 42.0 Å². The van der Waals surface area contributed by atoms with Crippen LogP contribution in [0, 0.1) is 0 Å². The summed E-state index contributed by atoms with van der Waals surface area (Å²) in [6.45, 7) is 0.731. The molecule has 1 heterocycles. The molecule has 9 nitrogen and oxygen atoms in total. The number of likely N-dealkylation sites (tertiary alicyclic amines) is 1. The Morgan fingerprint density at radius 2 is 1.67 bits per heavy atom. The number of likely N-dealkylation sites (N-methyl/N-ethyl adjacent to an activating group) is 1. The highest BCUT2D eigenvalue weighted by Gasteiger charge is 2.46. The molecule has 1 unspecified atom stereocenters. The van der Waals surface area contributed by atoms with Gasteiger partial charge in [0.25, 0.3) is 11.7 Å². The van der Waals surface area contributed by atoms with Gasteiger partial charge in [-0.3, -0.25) is 9.59 Å². The van der Waals surface area contributed by atoms with Gasteiger partial charge in [-0.2, -0.15) is 0 Å². The Morgan fingerprint density at radius 3 is 2.24 bits per heavy atom. The maximum atomic E-state index is 13.1. The number of aliphatic hydroxyl groups excluding tert-OH is 1. The molecule has 2 aromatic rings. The number of carbonyl (C=O) groups excluding carboxylic acids is 2. The van der Waals surface area contributed by atoms with E-state index in [4.69, 9.17) is 14.2 Å². The van der Waals surface area contributed by atoms with E-state index in [0.717, 1.165) is 0 Å². The molecule has 1 amide bonds. The Balaban J connectivity index is 2.24. The van der Waals surface area contributed by atoms with Crippen molar-refractivity contribution in [3.8, 4) is 23.0 Å². The number of hydrogen-bond acceptors (Lipinski definition) is 8. The molecule has 2 aromatic carbocycles. The van der Waals surface area contributed by atoms with Gasteiger partial charge < -0.3 is 34.2 Å². The molecule has 1 atom stereocenters. The van der Waals surface area contributed by atoms with Gasteiger partial charge in [0.2, 0.25) is 0 Å². The lowest BCUT2D eigenvalue weighted by molar-refractivity contribution is -0.140. The lowest BCUT2D eigenvalue weighted by atomic mass is 9.94. The van der Waals surface area contributed by atoms with E-state index in [0.29, 0.717) is 23.6 Å². The van der Waals surface area contributed by atoms with Gasteiger partial charge in [-0.05, 0) is 50.0 Å². The first-order valence-corrected chi connectivity index (χ1v) is 10.3. The Morgan fingerprint density at radius 1 is 1.00 bits per heavy atom. The fraction of sp³-hybridized carbons (Fsp3) is 0.333. The average Bonchev–Trinajstić information content (AvgIpc) is 3.06. The fourth-order valence-electron chi connectivity index (χ4n) is 3.79. The molecule has 0 spiro atoms. The van der Waals surface area contributed by atoms with E-state index >= 15 is 0 Å². The molecule has 1 aliphatic rings. The molecule has 33 heavy (non-hydrogen) atoms. The second kappa shape index (κ2) is 9.83. The Kier molecular flexibility index (Phi) is 7.13. The molecule has 3 rings (SSSR count). The van der Waals surface area contributed by atoms with Gasteiger partial charge in [-0.25, -0.2) is 0 Å². The summed E-state index contributed by atoms with van der Waals surface area (Å²) in [7, 11) is 8.05. The van der Waals surface area contributed by atoms with E-state index in [1.165, 1.54) is 38.4 Å². The van der Waals surface area contributed by atoms with Crippen molar-refractivity contribution in [2.75, 3.05) is 48.5 Å². The Labute approximate surface area is 192 Å². The first kappa shape index (κ1) is 23.9. The van der Waals surface area contributed by atoms with Crippen LogP contribution in [0.2, 0.25) is 0 Å². The number of Topliss-reactive ketones (excluding diaryl/α,β-unsaturated/α-hetero) is 1. The number of nitrogens with zero attached hydrogens (tertiary/aromatic N) is 2. The third kappa shape index (κ3) is 4.58. The number of aliphatic hydroxyl groups is 1. The number of benzene rings is 2. The second-order valence-corrected chi connectivity index (χ2v) is 7.79. The van der Waals surface area contributed by atoms with Crippen molar-refractivity contribution >= 4 is 17.4 Å². The number of ketones is 1. The van der Waals surface area contributed by atoms with Crippen LogP contribution < -0.4 is 14.2 Å².